The molecule has 1 aromatic carbocycles. The van der Waals surface area contributed by atoms with Gasteiger partial charge in [0.1, 0.15) is 11.9 Å². The van der Waals surface area contributed by atoms with Crippen molar-refractivity contribution >= 4 is 11.7 Å². The summed E-state index contributed by atoms with van der Waals surface area (Å²) in [5.74, 6) is -0.377. The van der Waals surface area contributed by atoms with E-state index in [1.165, 1.54) is 7.11 Å². The lowest BCUT2D eigenvalue weighted by Gasteiger charge is -2.11. The molecule has 110 valence electrons. The van der Waals surface area contributed by atoms with E-state index in [4.69, 9.17) is 21.4 Å². The number of oxime groups is 1. The summed E-state index contributed by atoms with van der Waals surface area (Å²) >= 11 is 0. The lowest BCUT2D eigenvalue weighted by Crippen LogP contribution is -2.37. The second-order valence-electron chi connectivity index (χ2n) is 4.07. The number of amidine groups is 1. The van der Waals surface area contributed by atoms with Crippen molar-refractivity contribution < 1.29 is 19.8 Å². The van der Waals surface area contributed by atoms with Crippen LogP contribution in [0.1, 0.15) is 11.1 Å². The summed E-state index contributed by atoms with van der Waals surface area (Å²) in [6.07, 6.45) is -1.23. The van der Waals surface area contributed by atoms with E-state index in [-0.39, 0.29) is 12.4 Å². The van der Waals surface area contributed by atoms with Gasteiger partial charge in [-0.05, 0) is 17.7 Å². The van der Waals surface area contributed by atoms with E-state index in [2.05, 4.69) is 10.5 Å². The van der Waals surface area contributed by atoms with Gasteiger partial charge in [0.05, 0.1) is 12.7 Å². The van der Waals surface area contributed by atoms with Crippen LogP contribution in [0.25, 0.3) is 0 Å². The number of primary amides is 1. The molecule has 0 aliphatic heterocycles. The Kier molecular flexibility index (Phi) is 5.75. The molecular weight excluding hydrogens is 264 g/mol. The molecule has 0 saturated heterocycles. The van der Waals surface area contributed by atoms with E-state index >= 15 is 0 Å². The number of aliphatic hydroxyl groups is 1. The normalized spacial score (nSPS) is 13.0. The smallest absolute Gasteiger partial charge is 0.247 e. The van der Waals surface area contributed by atoms with Crippen molar-refractivity contribution in [1.29, 1.82) is 0 Å². The maximum atomic E-state index is 10.7. The standard InChI is InChI=1S/C12H18N4O4/c1-20-10-4-7(2-3-8(10)11(13)16-19)5-15-6-9(17)12(14)18/h2-4,9,15,17,19H,5-6H2,1H3,(H2,13,16)(H2,14,18). The molecule has 0 spiro atoms. The van der Waals surface area contributed by atoms with E-state index in [0.717, 1.165) is 5.56 Å². The molecule has 1 aromatic rings. The number of nitrogens with one attached hydrogen (secondary N) is 1. The molecular formula is C12H18N4O4. The largest absolute Gasteiger partial charge is 0.496 e. The van der Waals surface area contributed by atoms with Gasteiger partial charge >= 0.3 is 0 Å². The van der Waals surface area contributed by atoms with Crippen LogP contribution in [0.3, 0.4) is 0 Å². The summed E-state index contributed by atoms with van der Waals surface area (Å²) in [5.41, 5.74) is 11.8. The maximum Gasteiger partial charge on any atom is 0.247 e. The first-order chi connectivity index (χ1) is 9.49. The first-order valence-electron chi connectivity index (χ1n) is 5.82. The molecule has 0 aromatic heterocycles. The topological polar surface area (TPSA) is 143 Å². The molecule has 0 radical (unpaired) electrons. The van der Waals surface area contributed by atoms with E-state index in [9.17, 15) is 9.90 Å². The van der Waals surface area contributed by atoms with Gasteiger partial charge in [-0.2, -0.15) is 0 Å². The lowest BCUT2D eigenvalue weighted by atomic mass is 10.1. The predicted molar refractivity (Wildman–Crippen MR) is 72.4 cm³/mol. The van der Waals surface area contributed by atoms with E-state index in [0.29, 0.717) is 17.9 Å². The summed E-state index contributed by atoms with van der Waals surface area (Å²) in [4.78, 5) is 10.7. The number of aliphatic hydroxyl groups excluding tert-OH is 1. The van der Waals surface area contributed by atoms with Crippen LogP contribution in [-0.2, 0) is 11.3 Å². The Labute approximate surface area is 116 Å². The fourth-order valence-electron chi connectivity index (χ4n) is 1.56. The number of amides is 1. The number of ether oxygens (including phenoxy) is 1. The molecule has 1 atom stereocenters. The van der Waals surface area contributed by atoms with Crippen molar-refractivity contribution in [3.05, 3.63) is 29.3 Å². The number of hydrogen-bond donors (Lipinski definition) is 5. The highest BCUT2D eigenvalue weighted by atomic mass is 16.5. The van der Waals surface area contributed by atoms with Crippen LogP contribution in [0.4, 0.5) is 0 Å². The molecule has 0 aliphatic rings. The minimum absolute atomic E-state index is 0.0505. The van der Waals surface area contributed by atoms with Gasteiger partial charge in [-0.15, -0.1) is 0 Å². The van der Waals surface area contributed by atoms with Gasteiger partial charge in [-0.25, -0.2) is 0 Å². The zero-order valence-electron chi connectivity index (χ0n) is 11.0. The molecule has 0 bridgehead atoms. The highest BCUT2D eigenvalue weighted by Gasteiger charge is 2.11. The number of benzene rings is 1. The monoisotopic (exact) mass is 282 g/mol. The van der Waals surface area contributed by atoms with Crippen LogP contribution in [0.2, 0.25) is 0 Å². The summed E-state index contributed by atoms with van der Waals surface area (Å²) in [6, 6.07) is 5.10. The van der Waals surface area contributed by atoms with Crippen LogP contribution in [0.5, 0.6) is 5.75 Å². The van der Waals surface area contributed by atoms with Gasteiger partial charge in [-0.1, -0.05) is 11.2 Å². The third-order valence-electron chi connectivity index (χ3n) is 2.64. The Morgan fingerprint density at radius 1 is 1.50 bits per heavy atom. The Balaban J connectivity index is 2.71. The number of nitrogens with zero attached hydrogens (tertiary/aromatic N) is 1. The van der Waals surface area contributed by atoms with Crippen LogP contribution in [-0.4, -0.2) is 41.8 Å². The number of hydrogen-bond acceptors (Lipinski definition) is 6. The summed E-state index contributed by atoms with van der Waals surface area (Å²) in [7, 11) is 1.47. The molecule has 7 N–H and O–H groups in total. The number of nitrogens with two attached hydrogens (primary N) is 2. The highest BCUT2D eigenvalue weighted by Crippen LogP contribution is 2.20. The van der Waals surface area contributed by atoms with Crippen LogP contribution in [0.15, 0.2) is 23.4 Å². The van der Waals surface area contributed by atoms with Crippen molar-refractivity contribution in [2.45, 2.75) is 12.6 Å². The summed E-state index contributed by atoms with van der Waals surface area (Å²) in [6.45, 7) is 0.455. The first kappa shape index (κ1) is 15.7. The molecule has 0 saturated carbocycles. The zero-order chi connectivity index (χ0) is 15.1. The van der Waals surface area contributed by atoms with Crippen LogP contribution >= 0.6 is 0 Å². The van der Waals surface area contributed by atoms with Crippen molar-refractivity contribution in [1.82, 2.24) is 5.32 Å². The molecule has 0 aliphatic carbocycles. The number of carbonyl (C=O) groups excluding carboxylic acids is 1. The van der Waals surface area contributed by atoms with Gasteiger partial charge in [0.15, 0.2) is 5.84 Å². The predicted octanol–water partition coefficient (Wildman–Crippen LogP) is -1.27. The Morgan fingerprint density at radius 3 is 2.75 bits per heavy atom. The minimum atomic E-state index is -1.23. The van der Waals surface area contributed by atoms with E-state index in [1.54, 1.807) is 18.2 Å². The van der Waals surface area contributed by atoms with E-state index in [1.807, 2.05) is 0 Å². The molecule has 8 heteroatoms. The third-order valence-corrected chi connectivity index (χ3v) is 2.64. The Bertz CT molecular complexity index is 504. The van der Waals surface area contributed by atoms with Crippen LogP contribution < -0.4 is 21.5 Å². The fourth-order valence-corrected chi connectivity index (χ4v) is 1.56. The van der Waals surface area contributed by atoms with Gasteiger partial charge in [0, 0.05) is 13.1 Å². The van der Waals surface area contributed by atoms with Crippen LogP contribution in [0, 0.1) is 0 Å². The molecule has 0 fully saturated rings. The molecule has 1 rings (SSSR count). The van der Waals surface area contributed by atoms with Crippen molar-refractivity contribution in [2.75, 3.05) is 13.7 Å². The quantitative estimate of drug-likeness (QED) is 0.182. The van der Waals surface area contributed by atoms with Gasteiger partial charge in [0.2, 0.25) is 5.91 Å². The fraction of sp³-hybridized carbons (Fsp3) is 0.333. The van der Waals surface area contributed by atoms with Gasteiger partial charge in [-0.3, -0.25) is 4.79 Å². The zero-order valence-corrected chi connectivity index (χ0v) is 11.0. The molecule has 1 unspecified atom stereocenters. The molecule has 20 heavy (non-hydrogen) atoms. The number of rotatable bonds is 7. The second-order valence-corrected chi connectivity index (χ2v) is 4.07. The van der Waals surface area contributed by atoms with E-state index < -0.39 is 12.0 Å². The number of carbonyl (C=O) groups is 1. The summed E-state index contributed by atoms with van der Waals surface area (Å²) in [5, 5.41) is 23.7. The average molecular weight is 282 g/mol. The highest BCUT2D eigenvalue weighted by molar-refractivity contribution is 5.99. The SMILES string of the molecule is COc1cc(CNCC(O)C(N)=O)ccc1/C(N)=N/O. The van der Waals surface area contributed by atoms with Gasteiger partial charge < -0.3 is 31.8 Å². The minimum Gasteiger partial charge on any atom is -0.496 e. The van der Waals surface area contributed by atoms with Crippen molar-refractivity contribution in [2.24, 2.45) is 16.6 Å². The Morgan fingerprint density at radius 2 is 2.20 bits per heavy atom. The molecule has 1 amide bonds. The third kappa shape index (κ3) is 4.11. The number of methoxy groups -OCH3 is 1. The van der Waals surface area contributed by atoms with Gasteiger partial charge in [0.25, 0.3) is 0 Å². The van der Waals surface area contributed by atoms with Crippen molar-refractivity contribution in [3.8, 4) is 5.75 Å². The Hall–Kier alpha value is -2.32. The first-order valence-corrected chi connectivity index (χ1v) is 5.82. The average Bonchev–Trinajstić information content (AvgIpc) is 2.45. The molecule has 0 heterocycles. The maximum absolute atomic E-state index is 10.7. The second kappa shape index (κ2) is 7.31. The van der Waals surface area contributed by atoms with Crippen molar-refractivity contribution in [3.63, 3.8) is 0 Å². The summed E-state index contributed by atoms with van der Waals surface area (Å²) < 4.78 is 5.15. The lowest BCUT2D eigenvalue weighted by molar-refractivity contribution is -0.125. The molecule has 8 nitrogen and oxygen atoms in total.